The first-order valence-corrected chi connectivity index (χ1v) is 9.80. The summed E-state index contributed by atoms with van der Waals surface area (Å²) in [5, 5.41) is 0. The fourth-order valence-corrected chi connectivity index (χ4v) is 3.44. The van der Waals surface area contributed by atoms with Crippen molar-refractivity contribution in [3.8, 4) is 23.0 Å². The van der Waals surface area contributed by atoms with Gasteiger partial charge in [-0.2, -0.15) is 0 Å². The van der Waals surface area contributed by atoms with Crippen molar-refractivity contribution in [2.75, 3.05) is 21.3 Å². The Labute approximate surface area is 201 Å². The summed E-state index contributed by atoms with van der Waals surface area (Å²) >= 11 is 2.14. The molecule has 28 heavy (non-hydrogen) atoms. The van der Waals surface area contributed by atoms with Crippen LogP contribution < -0.4 is 66.2 Å². The number of rotatable bonds is 7. The molecule has 0 amide bonds. The Kier molecular flexibility index (Phi) is 12.0. The van der Waals surface area contributed by atoms with E-state index >= 15 is 0 Å². The molecule has 11 heteroatoms. The van der Waals surface area contributed by atoms with Gasteiger partial charge in [-0.25, -0.2) is 0 Å². The Morgan fingerprint density at radius 2 is 1.43 bits per heavy atom. The van der Waals surface area contributed by atoms with E-state index < -0.39 is 7.82 Å². The van der Waals surface area contributed by atoms with Gasteiger partial charge in [0.25, 0.3) is 0 Å². The molecule has 0 aliphatic carbocycles. The van der Waals surface area contributed by atoms with Crippen LogP contribution in [0.5, 0.6) is 23.0 Å². The van der Waals surface area contributed by atoms with Crippen molar-refractivity contribution in [2.45, 2.75) is 0 Å². The van der Waals surface area contributed by atoms with Crippen molar-refractivity contribution in [3.05, 3.63) is 45.0 Å². The minimum Gasteiger partial charge on any atom is -0.780 e. The van der Waals surface area contributed by atoms with Crippen LogP contribution in [-0.4, -0.2) is 21.3 Å². The van der Waals surface area contributed by atoms with Crippen molar-refractivity contribution in [1.29, 1.82) is 0 Å². The standard InChI is InChI=1S/C17H18IO7P.2Li/c1-22-14-7-6-11(9-15(14)25-26(19,20)21)4-5-12-8-13(18)17(24-3)16(10-12)23-2;;/h4-10H,1-3H3,(H2,19,20,21);;/q;2*+1/p-2/b5-4-;;. The minimum absolute atomic E-state index is 0. The van der Waals surface area contributed by atoms with E-state index in [0.29, 0.717) is 17.1 Å². The largest absolute Gasteiger partial charge is 1.00 e. The number of hydrogen-bond donors (Lipinski definition) is 0. The zero-order valence-electron chi connectivity index (χ0n) is 16.2. The van der Waals surface area contributed by atoms with Crippen molar-refractivity contribution < 1.29 is 70.8 Å². The zero-order valence-corrected chi connectivity index (χ0v) is 19.3. The molecule has 2 rings (SSSR count). The fraction of sp³-hybridized carbons (Fsp3) is 0.176. The van der Waals surface area contributed by atoms with E-state index in [0.717, 1.165) is 9.13 Å². The minimum atomic E-state index is -5.19. The van der Waals surface area contributed by atoms with E-state index in [9.17, 15) is 14.4 Å². The fourth-order valence-electron chi connectivity index (χ4n) is 2.22. The van der Waals surface area contributed by atoms with Crippen LogP contribution >= 0.6 is 30.4 Å². The van der Waals surface area contributed by atoms with Gasteiger partial charge in [0, 0.05) is 0 Å². The molecule has 0 aromatic heterocycles. The Morgan fingerprint density at radius 1 is 0.857 bits per heavy atom. The van der Waals surface area contributed by atoms with Gasteiger partial charge in [-0.3, -0.25) is 0 Å². The number of ether oxygens (including phenoxy) is 3. The predicted molar refractivity (Wildman–Crippen MR) is 102 cm³/mol. The Morgan fingerprint density at radius 3 is 1.96 bits per heavy atom. The summed E-state index contributed by atoms with van der Waals surface area (Å²) in [5.41, 5.74) is 1.47. The predicted octanol–water partition coefficient (Wildman–Crippen LogP) is -3.30. The molecule has 0 aliphatic rings. The van der Waals surface area contributed by atoms with Gasteiger partial charge in [0.15, 0.2) is 23.0 Å². The maximum atomic E-state index is 10.9. The number of hydrogen-bond acceptors (Lipinski definition) is 7. The molecule has 7 nitrogen and oxygen atoms in total. The van der Waals surface area contributed by atoms with Crippen molar-refractivity contribution in [1.82, 2.24) is 0 Å². The maximum absolute atomic E-state index is 10.9. The van der Waals surface area contributed by atoms with Gasteiger partial charge in [0.2, 0.25) is 0 Å². The third-order valence-corrected chi connectivity index (χ3v) is 4.54. The number of halogens is 1. The van der Waals surface area contributed by atoms with Gasteiger partial charge in [0.1, 0.15) is 7.82 Å². The van der Waals surface area contributed by atoms with Crippen LogP contribution in [0, 0.1) is 3.57 Å². The second kappa shape index (κ2) is 12.2. The van der Waals surface area contributed by atoms with Crippen LogP contribution in [0.1, 0.15) is 11.1 Å². The van der Waals surface area contributed by atoms with Gasteiger partial charge in [0.05, 0.1) is 24.9 Å². The molecular formula is C17H16ILi2O7P. The maximum Gasteiger partial charge on any atom is 1.00 e. The zero-order chi connectivity index (χ0) is 19.3. The molecule has 0 atom stereocenters. The molecule has 0 N–H and O–H groups in total. The first-order chi connectivity index (χ1) is 12.3. The monoisotopic (exact) mass is 504 g/mol. The first-order valence-electron chi connectivity index (χ1n) is 7.26. The molecule has 2 aromatic carbocycles. The summed E-state index contributed by atoms with van der Waals surface area (Å²) in [6.07, 6.45) is 3.55. The summed E-state index contributed by atoms with van der Waals surface area (Å²) in [6.45, 7) is 0. The quantitative estimate of drug-likeness (QED) is 0.169. The van der Waals surface area contributed by atoms with Gasteiger partial charge in [-0.05, 0) is 58.0 Å². The summed E-state index contributed by atoms with van der Waals surface area (Å²) in [5.74, 6) is 1.23. The third kappa shape index (κ3) is 7.70. The first kappa shape index (κ1) is 27.5. The van der Waals surface area contributed by atoms with E-state index in [2.05, 4.69) is 27.1 Å². The van der Waals surface area contributed by atoms with Crippen LogP contribution in [0.3, 0.4) is 0 Å². The number of phosphoric ester groups is 1. The molecule has 0 fully saturated rings. The van der Waals surface area contributed by atoms with Crippen LogP contribution in [0.25, 0.3) is 12.2 Å². The smallest absolute Gasteiger partial charge is 0.780 e. The summed E-state index contributed by atoms with van der Waals surface area (Å²) < 4.78 is 31.8. The van der Waals surface area contributed by atoms with Crippen LogP contribution in [-0.2, 0) is 4.57 Å². The van der Waals surface area contributed by atoms with Gasteiger partial charge >= 0.3 is 37.7 Å². The topological polar surface area (TPSA) is 100 Å². The molecule has 0 unspecified atom stereocenters. The summed E-state index contributed by atoms with van der Waals surface area (Å²) in [4.78, 5) is 21.8. The van der Waals surface area contributed by atoms with E-state index in [4.69, 9.17) is 14.2 Å². The molecule has 0 bridgehead atoms. The van der Waals surface area contributed by atoms with Crippen LogP contribution in [0.4, 0.5) is 0 Å². The molecule has 0 saturated carbocycles. The van der Waals surface area contributed by atoms with Gasteiger partial charge < -0.3 is 33.1 Å². The number of benzene rings is 2. The van der Waals surface area contributed by atoms with E-state index in [1.54, 1.807) is 26.4 Å². The summed E-state index contributed by atoms with van der Waals surface area (Å²) in [7, 11) is -0.713. The van der Waals surface area contributed by atoms with Crippen molar-refractivity contribution in [2.24, 2.45) is 0 Å². The molecule has 0 heterocycles. The molecular weight excluding hydrogens is 488 g/mol. The second-order valence-electron chi connectivity index (χ2n) is 5.02. The molecule has 0 spiro atoms. The van der Waals surface area contributed by atoms with Crippen LogP contribution in [0.2, 0.25) is 0 Å². The van der Waals surface area contributed by atoms with Crippen molar-refractivity contribution in [3.63, 3.8) is 0 Å². The number of phosphoric acid groups is 1. The van der Waals surface area contributed by atoms with E-state index in [-0.39, 0.29) is 49.2 Å². The Hall–Kier alpha value is -0.545. The molecule has 0 radical (unpaired) electrons. The average molecular weight is 504 g/mol. The number of methoxy groups -OCH3 is 3. The van der Waals surface area contributed by atoms with Crippen molar-refractivity contribution >= 4 is 42.6 Å². The van der Waals surface area contributed by atoms with Crippen LogP contribution in [0.15, 0.2) is 30.3 Å². The normalized spacial score (nSPS) is 10.6. The average Bonchev–Trinajstić information content (AvgIpc) is 2.58. The molecule has 2 aromatic rings. The Bertz CT molecular complexity index is 871. The Balaban J connectivity index is 0.00000364. The van der Waals surface area contributed by atoms with E-state index in [1.165, 1.54) is 19.2 Å². The van der Waals surface area contributed by atoms with Gasteiger partial charge in [-0.15, -0.1) is 0 Å². The van der Waals surface area contributed by atoms with E-state index in [1.807, 2.05) is 18.2 Å². The molecule has 0 aliphatic heterocycles. The SMILES string of the molecule is COc1ccc(/C=C\c2cc(I)c(OC)c(OC)c2)cc1OP(=O)([O-])[O-].[Li+].[Li+]. The molecule has 0 saturated heterocycles. The summed E-state index contributed by atoms with van der Waals surface area (Å²) in [6, 6.07) is 8.34. The third-order valence-electron chi connectivity index (χ3n) is 3.32. The second-order valence-corrected chi connectivity index (χ2v) is 7.26. The van der Waals surface area contributed by atoms with Gasteiger partial charge in [-0.1, -0.05) is 18.2 Å². The molecule has 140 valence electrons.